The molecule has 86 valence electrons. The average molecular weight is 293 g/mol. The molecule has 0 fully saturated rings. The van der Waals surface area contributed by atoms with Crippen molar-refractivity contribution >= 4 is 27.3 Å². The second-order valence-electron chi connectivity index (χ2n) is 3.39. The van der Waals surface area contributed by atoms with E-state index >= 15 is 0 Å². The Morgan fingerprint density at radius 2 is 2.40 bits per heavy atom. The van der Waals surface area contributed by atoms with Gasteiger partial charge >= 0.3 is 0 Å². The summed E-state index contributed by atoms with van der Waals surface area (Å²) < 4.78 is 6.19. The minimum atomic E-state index is 0.288. The van der Waals surface area contributed by atoms with Gasteiger partial charge in [-0.2, -0.15) is 0 Å². The Labute approximate surface area is 103 Å². The Balaban J connectivity index is 2.62. The second kappa shape index (κ2) is 6.60. The number of ether oxygens (including phenoxy) is 1. The van der Waals surface area contributed by atoms with Gasteiger partial charge in [-0.15, -0.1) is 11.3 Å². The summed E-state index contributed by atoms with van der Waals surface area (Å²) in [5.74, 6) is 0. The lowest BCUT2D eigenvalue weighted by molar-refractivity contribution is 0.141. The first kappa shape index (κ1) is 13.1. The number of likely N-dealkylation sites (N-methyl/N-ethyl adjacent to an activating group) is 1. The van der Waals surface area contributed by atoms with Crippen molar-refractivity contribution in [3.63, 3.8) is 0 Å². The largest absolute Gasteiger partial charge is 0.383 e. The molecule has 1 unspecified atom stereocenters. The Morgan fingerprint density at radius 1 is 1.67 bits per heavy atom. The maximum atomic E-state index is 5.80. The van der Waals surface area contributed by atoms with Crippen molar-refractivity contribution in [1.82, 2.24) is 4.90 Å². The van der Waals surface area contributed by atoms with Gasteiger partial charge in [0.15, 0.2) is 0 Å². The zero-order valence-corrected chi connectivity index (χ0v) is 11.5. The van der Waals surface area contributed by atoms with Crippen LogP contribution < -0.4 is 5.73 Å². The van der Waals surface area contributed by atoms with Gasteiger partial charge in [0.05, 0.1) is 12.6 Å². The third-order valence-corrected chi connectivity index (χ3v) is 4.11. The lowest BCUT2D eigenvalue weighted by Gasteiger charge is -2.25. The van der Waals surface area contributed by atoms with E-state index in [-0.39, 0.29) is 6.04 Å². The van der Waals surface area contributed by atoms with E-state index in [1.807, 2.05) is 0 Å². The third-order valence-electron chi connectivity index (χ3n) is 2.32. The molecular weight excluding hydrogens is 276 g/mol. The molecule has 0 saturated carbocycles. The number of rotatable bonds is 6. The highest BCUT2D eigenvalue weighted by atomic mass is 79.9. The lowest BCUT2D eigenvalue weighted by atomic mass is 10.2. The number of nitrogens with two attached hydrogens (primary N) is 1. The number of hydrogen-bond donors (Lipinski definition) is 1. The molecule has 5 heteroatoms. The highest BCUT2D eigenvalue weighted by Gasteiger charge is 2.16. The summed E-state index contributed by atoms with van der Waals surface area (Å²) in [6.07, 6.45) is 0. The van der Waals surface area contributed by atoms with Crippen LogP contribution in [0.3, 0.4) is 0 Å². The summed E-state index contributed by atoms with van der Waals surface area (Å²) in [6.45, 7) is 2.26. The SMILES string of the molecule is COCCN(C)C(CN)c1cc(Br)cs1. The number of thiophene rings is 1. The number of halogens is 1. The van der Waals surface area contributed by atoms with Crippen molar-refractivity contribution in [3.05, 3.63) is 20.8 Å². The quantitative estimate of drug-likeness (QED) is 0.873. The maximum Gasteiger partial charge on any atom is 0.0589 e. The molecule has 0 radical (unpaired) electrons. The lowest BCUT2D eigenvalue weighted by Crippen LogP contribution is -2.32. The normalized spacial score (nSPS) is 13.4. The van der Waals surface area contributed by atoms with E-state index < -0.39 is 0 Å². The standard InChI is InChI=1S/C10H17BrN2OS/c1-13(3-4-14-2)9(6-12)10-5-8(11)7-15-10/h5,7,9H,3-4,6,12H2,1-2H3. The van der Waals surface area contributed by atoms with E-state index in [0.29, 0.717) is 6.54 Å². The van der Waals surface area contributed by atoms with Gasteiger partial charge in [0.1, 0.15) is 0 Å². The van der Waals surface area contributed by atoms with E-state index in [0.717, 1.165) is 17.6 Å². The summed E-state index contributed by atoms with van der Waals surface area (Å²) in [7, 11) is 3.79. The Hall–Kier alpha value is 0.0600. The smallest absolute Gasteiger partial charge is 0.0589 e. The van der Waals surface area contributed by atoms with E-state index in [2.05, 4.69) is 39.3 Å². The molecule has 1 aromatic heterocycles. The predicted molar refractivity (Wildman–Crippen MR) is 68.3 cm³/mol. The molecule has 0 saturated heterocycles. The Bertz CT molecular complexity index is 293. The number of methoxy groups -OCH3 is 1. The van der Waals surface area contributed by atoms with Crippen LogP contribution in [0.1, 0.15) is 10.9 Å². The monoisotopic (exact) mass is 292 g/mol. The van der Waals surface area contributed by atoms with E-state index in [1.165, 1.54) is 4.88 Å². The first-order chi connectivity index (χ1) is 7.19. The fourth-order valence-electron chi connectivity index (χ4n) is 1.41. The van der Waals surface area contributed by atoms with Gasteiger partial charge in [-0.3, -0.25) is 4.90 Å². The van der Waals surface area contributed by atoms with Crippen LogP contribution >= 0.6 is 27.3 Å². The first-order valence-corrected chi connectivity index (χ1v) is 6.49. The van der Waals surface area contributed by atoms with Crippen molar-refractivity contribution in [1.29, 1.82) is 0 Å². The van der Waals surface area contributed by atoms with Crippen LogP contribution in [0.2, 0.25) is 0 Å². The molecule has 0 spiro atoms. The minimum absolute atomic E-state index is 0.288. The van der Waals surface area contributed by atoms with Crippen LogP contribution in [0.15, 0.2) is 15.9 Å². The number of nitrogens with zero attached hydrogens (tertiary/aromatic N) is 1. The summed E-state index contributed by atoms with van der Waals surface area (Å²) >= 11 is 5.19. The molecule has 0 bridgehead atoms. The fraction of sp³-hybridized carbons (Fsp3) is 0.600. The Kier molecular flexibility index (Phi) is 5.78. The van der Waals surface area contributed by atoms with Gasteiger partial charge in [-0.05, 0) is 29.0 Å². The summed E-state index contributed by atoms with van der Waals surface area (Å²) in [5, 5.41) is 2.09. The van der Waals surface area contributed by atoms with Crippen molar-refractivity contribution in [2.75, 3.05) is 33.9 Å². The molecule has 15 heavy (non-hydrogen) atoms. The first-order valence-electron chi connectivity index (χ1n) is 4.82. The molecule has 0 aliphatic rings. The molecule has 2 N–H and O–H groups in total. The predicted octanol–water partition coefficient (Wildman–Crippen LogP) is 2.09. The minimum Gasteiger partial charge on any atom is -0.383 e. The maximum absolute atomic E-state index is 5.80. The van der Waals surface area contributed by atoms with Gasteiger partial charge < -0.3 is 10.5 Å². The van der Waals surface area contributed by atoms with Gasteiger partial charge in [0.25, 0.3) is 0 Å². The van der Waals surface area contributed by atoms with Crippen molar-refractivity contribution in [2.45, 2.75) is 6.04 Å². The highest BCUT2D eigenvalue weighted by molar-refractivity contribution is 9.10. The molecule has 3 nitrogen and oxygen atoms in total. The van der Waals surface area contributed by atoms with Crippen molar-refractivity contribution < 1.29 is 4.74 Å². The Morgan fingerprint density at radius 3 is 2.87 bits per heavy atom. The average Bonchev–Trinajstić information content (AvgIpc) is 2.63. The van der Waals surface area contributed by atoms with Crippen LogP contribution in [-0.4, -0.2) is 38.8 Å². The van der Waals surface area contributed by atoms with Gasteiger partial charge in [0, 0.05) is 34.9 Å². The molecule has 0 aliphatic heterocycles. The van der Waals surface area contributed by atoms with Crippen LogP contribution in [0, 0.1) is 0 Å². The van der Waals surface area contributed by atoms with Crippen molar-refractivity contribution in [3.8, 4) is 0 Å². The van der Waals surface area contributed by atoms with Crippen LogP contribution in [0.4, 0.5) is 0 Å². The summed E-state index contributed by atoms with van der Waals surface area (Å²) in [6, 6.07) is 2.42. The van der Waals surface area contributed by atoms with Crippen molar-refractivity contribution in [2.24, 2.45) is 5.73 Å². The fourth-order valence-corrected chi connectivity index (χ4v) is 3.03. The second-order valence-corrected chi connectivity index (χ2v) is 5.25. The molecule has 1 heterocycles. The molecule has 0 aromatic carbocycles. The van der Waals surface area contributed by atoms with E-state index in [9.17, 15) is 0 Å². The zero-order chi connectivity index (χ0) is 11.3. The molecule has 1 atom stereocenters. The molecule has 1 rings (SSSR count). The van der Waals surface area contributed by atoms with Gasteiger partial charge in [-0.1, -0.05) is 0 Å². The molecule has 0 aliphatic carbocycles. The zero-order valence-electron chi connectivity index (χ0n) is 9.07. The molecular formula is C10H17BrN2OS. The highest BCUT2D eigenvalue weighted by Crippen LogP contribution is 2.28. The van der Waals surface area contributed by atoms with Crippen LogP contribution in [-0.2, 0) is 4.74 Å². The van der Waals surface area contributed by atoms with Crippen LogP contribution in [0.5, 0.6) is 0 Å². The van der Waals surface area contributed by atoms with E-state index in [1.54, 1.807) is 18.4 Å². The summed E-state index contributed by atoms with van der Waals surface area (Å²) in [4.78, 5) is 3.52. The summed E-state index contributed by atoms with van der Waals surface area (Å²) in [5.41, 5.74) is 5.80. The number of hydrogen-bond acceptors (Lipinski definition) is 4. The third kappa shape index (κ3) is 3.85. The topological polar surface area (TPSA) is 38.5 Å². The van der Waals surface area contributed by atoms with E-state index in [4.69, 9.17) is 10.5 Å². The molecule has 1 aromatic rings. The van der Waals surface area contributed by atoms with Gasteiger partial charge in [-0.25, -0.2) is 0 Å². The molecule has 0 amide bonds. The van der Waals surface area contributed by atoms with Crippen LogP contribution in [0.25, 0.3) is 0 Å². The van der Waals surface area contributed by atoms with Gasteiger partial charge in [0.2, 0.25) is 0 Å².